The molecule has 0 heterocycles. The first-order valence-electron chi connectivity index (χ1n) is 4.76. The zero-order valence-corrected chi connectivity index (χ0v) is 9.79. The minimum absolute atomic E-state index is 0.627. The van der Waals surface area contributed by atoms with Crippen LogP contribution in [0.3, 0.4) is 0 Å². The zero-order chi connectivity index (χ0) is 11.4. The maximum Gasteiger partial charge on any atom is 0.330 e. The van der Waals surface area contributed by atoms with Crippen molar-refractivity contribution in [3.8, 4) is 0 Å². The molecule has 0 spiro atoms. The molecule has 0 rings (SSSR count). The van der Waals surface area contributed by atoms with E-state index in [1.54, 1.807) is 21.3 Å². The molecule has 3 heteroatoms. The molecule has 0 aromatic rings. The van der Waals surface area contributed by atoms with E-state index in [9.17, 15) is 5.11 Å². The van der Waals surface area contributed by atoms with Crippen LogP contribution in [0.1, 0.15) is 34.6 Å². The zero-order valence-electron chi connectivity index (χ0n) is 9.79. The van der Waals surface area contributed by atoms with E-state index in [2.05, 4.69) is 6.58 Å². The Bertz CT molecular complexity index is 224. The molecule has 0 atom stereocenters. The van der Waals surface area contributed by atoms with Gasteiger partial charge in [-0.3, -0.25) is 0 Å². The average Bonchev–Trinajstić information content (AvgIpc) is 1.99. The van der Waals surface area contributed by atoms with E-state index in [1.165, 1.54) is 0 Å². The molecule has 0 bridgehead atoms. The van der Waals surface area contributed by atoms with Gasteiger partial charge in [-0.15, -0.1) is 6.58 Å². The van der Waals surface area contributed by atoms with Crippen molar-refractivity contribution < 1.29 is 9.76 Å². The maximum atomic E-state index is 9.80. The third kappa shape index (κ3) is 4.12. The second kappa shape index (κ2) is 4.81. The molecule has 1 radical (unpaired) electrons. The van der Waals surface area contributed by atoms with Gasteiger partial charge in [0.15, 0.2) is 0 Å². The topological polar surface area (TPSA) is 29.5 Å². The predicted octanol–water partition coefficient (Wildman–Crippen LogP) is 2.26. The van der Waals surface area contributed by atoms with E-state index in [0.29, 0.717) is 0 Å². The standard InChI is InChI=1S/C11H20BO2/c1-7-8-9(2)12-14-11(5,6)10(3,4)13/h7-8,13H,2H2,1,3-6H3/b8-7-. The quantitative estimate of drug-likeness (QED) is 0.538. The van der Waals surface area contributed by atoms with Crippen molar-refractivity contribution in [2.75, 3.05) is 0 Å². The Morgan fingerprint density at radius 1 is 1.36 bits per heavy atom. The summed E-state index contributed by atoms with van der Waals surface area (Å²) in [4.78, 5) is 0. The smallest absolute Gasteiger partial charge is 0.330 e. The number of hydrogen-bond acceptors (Lipinski definition) is 2. The Labute approximate surface area is 87.9 Å². The van der Waals surface area contributed by atoms with Crippen LogP contribution < -0.4 is 0 Å². The van der Waals surface area contributed by atoms with Crippen LogP contribution in [-0.2, 0) is 4.65 Å². The van der Waals surface area contributed by atoms with E-state index < -0.39 is 11.2 Å². The summed E-state index contributed by atoms with van der Waals surface area (Å²) in [6, 6.07) is 0. The summed E-state index contributed by atoms with van der Waals surface area (Å²) in [6.07, 6.45) is 3.74. The van der Waals surface area contributed by atoms with Gasteiger partial charge in [0, 0.05) is 0 Å². The van der Waals surface area contributed by atoms with E-state index in [1.807, 2.05) is 32.9 Å². The highest BCUT2D eigenvalue weighted by molar-refractivity contribution is 6.39. The maximum absolute atomic E-state index is 9.80. The number of rotatable bonds is 5. The highest BCUT2D eigenvalue weighted by atomic mass is 16.5. The molecule has 2 nitrogen and oxygen atoms in total. The highest BCUT2D eigenvalue weighted by Gasteiger charge is 2.35. The summed E-state index contributed by atoms with van der Waals surface area (Å²) in [5.41, 5.74) is -0.734. The first-order chi connectivity index (χ1) is 6.20. The molecular weight excluding hydrogens is 175 g/mol. The van der Waals surface area contributed by atoms with Gasteiger partial charge in [-0.2, -0.15) is 0 Å². The van der Waals surface area contributed by atoms with E-state index in [4.69, 9.17) is 4.65 Å². The van der Waals surface area contributed by atoms with Crippen LogP contribution in [0.4, 0.5) is 0 Å². The average molecular weight is 195 g/mol. The fraction of sp³-hybridized carbons (Fsp3) is 0.636. The molecule has 0 aromatic carbocycles. The van der Waals surface area contributed by atoms with Crippen molar-refractivity contribution in [2.45, 2.75) is 45.8 Å². The first kappa shape index (κ1) is 13.5. The molecule has 0 unspecified atom stereocenters. The summed E-state index contributed by atoms with van der Waals surface area (Å²) in [6.45, 7) is 12.8. The fourth-order valence-corrected chi connectivity index (χ4v) is 0.621. The van der Waals surface area contributed by atoms with Crippen LogP contribution in [0.25, 0.3) is 0 Å². The van der Waals surface area contributed by atoms with Gasteiger partial charge in [-0.25, -0.2) is 0 Å². The third-order valence-corrected chi connectivity index (χ3v) is 2.36. The summed E-state index contributed by atoms with van der Waals surface area (Å²) in [7, 11) is 1.57. The van der Waals surface area contributed by atoms with E-state index in [-0.39, 0.29) is 0 Å². The van der Waals surface area contributed by atoms with Crippen molar-refractivity contribution in [2.24, 2.45) is 0 Å². The highest BCUT2D eigenvalue weighted by Crippen LogP contribution is 2.24. The second-order valence-corrected chi connectivity index (χ2v) is 4.38. The van der Waals surface area contributed by atoms with Gasteiger partial charge in [-0.1, -0.05) is 17.6 Å². The molecule has 0 saturated carbocycles. The monoisotopic (exact) mass is 195 g/mol. The molecule has 0 aliphatic carbocycles. The van der Waals surface area contributed by atoms with Crippen LogP contribution in [0.5, 0.6) is 0 Å². The molecule has 0 aliphatic heterocycles. The molecule has 1 N–H and O–H groups in total. The van der Waals surface area contributed by atoms with Gasteiger partial charge in [-0.05, 0) is 34.6 Å². The van der Waals surface area contributed by atoms with Gasteiger partial charge < -0.3 is 9.76 Å². The lowest BCUT2D eigenvalue weighted by Crippen LogP contribution is -2.48. The minimum atomic E-state index is -0.889. The van der Waals surface area contributed by atoms with E-state index in [0.717, 1.165) is 5.47 Å². The lowest BCUT2D eigenvalue weighted by Gasteiger charge is -2.37. The summed E-state index contributed by atoms with van der Waals surface area (Å²) in [5, 5.41) is 9.80. The van der Waals surface area contributed by atoms with Crippen molar-refractivity contribution >= 4 is 7.48 Å². The lowest BCUT2D eigenvalue weighted by atomic mass is 9.83. The van der Waals surface area contributed by atoms with Crippen molar-refractivity contribution in [3.63, 3.8) is 0 Å². The fourth-order valence-electron chi connectivity index (χ4n) is 0.621. The summed E-state index contributed by atoms with van der Waals surface area (Å²) >= 11 is 0. The lowest BCUT2D eigenvalue weighted by molar-refractivity contribution is -0.0896. The third-order valence-electron chi connectivity index (χ3n) is 2.36. The first-order valence-corrected chi connectivity index (χ1v) is 4.76. The van der Waals surface area contributed by atoms with E-state index >= 15 is 0 Å². The Morgan fingerprint density at radius 2 is 1.86 bits per heavy atom. The molecule has 0 amide bonds. The van der Waals surface area contributed by atoms with Gasteiger partial charge in [0.25, 0.3) is 0 Å². The van der Waals surface area contributed by atoms with Gasteiger partial charge in [0.1, 0.15) is 0 Å². The van der Waals surface area contributed by atoms with Crippen LogP contribution in [0, 0.1) is 0 Å². The van der Waals surface area contributed by atoms with Crippen LogP contribution in [0.15, 0.2) is 24.2 Å². The van der Waals surface area contributed by atoms with Crippen LogP contribution in [0.2, 0.25) is 0 Å². The summed E-state index contributed by atoms with van der Waals surface area (Å²) in [5.74, 6) is 0. The molecule has 0 aliphatic rings. The van der Waals surface area contributed by atoms with Crippen molar-refractivity contribution in [1.82, 2.24) is 0 Å². The van der Waals surface area contributed by atoms with Crippen molar-refractivity contribution in [3.05, 3.63) is 24.2 Å². The van der Waals surface area contributed by atoms with Gasteiger partial charge in [0.05, 0.1) is 11.2 Å². The molecular formula is C11H20BO2. The molecule has 0 aromatic heterocycles. The minimum Gasteiger partial charge on any atom is -0.427 e. The number of hydrogen-bond donors (Lipinski definition) is 1. The SMILES string of the molecule is C=C([B]OC(C)(C)C(C)(C)O)/C=C\C. The van der Waals surface area contributed by atoms with Gasteiger partial charge in [0.2, 0.25) is 0 Å². The largest absolute Gasteiger partial charge is 0.427 e. The van der Waals surface area contributed by atoms with Crippen molar-refractivity contribution in [1.29, 1.82) is 0 Å². The molecule has 0 fully saturated rings. The summed E-state index contributed by atoms with van der Waals surface area (Å²) < 4.78 is 5.48. The second-order valence-electron chi connectivity index (χ2n) is 4.38. The normalized spacial score (nSPS) is 13.3. The molecule has 0 saturated heterocycles. The Balaban J connectivity index is 4.19. The van der Waals surface area contributed by atoms with Crippen LogP contribution >= 0.6 is 0 Å². The Morgan fingerprint density at radius 3 is 2.21 bits per heavy atom. The van der Waals surface area contributed by atoms with Gasteiger partial charge >= 0.3 is 7.48 Å². The Hall–Kier alpha value is -0.535. The number of allylic oxidation sites excluding steroid dienone is 3. The molecule has 79 valence electrons. The Kier molecular flexibility index (Phi) is 4.62. The van der Waals surface area contributed by atoms with Crippen LogP contribution in [-0.4, -0.2) is 23.8 Å². The predicted molar refractivity (Wildman–Crippen MR) is 61.2 cm³/mol. The number of aliphatic hydroxyl groups is 1. The molecule has 14 heavy (non-hydrogen) atoms.